The van der Waals surface area contributed by atoms with Crippen LogP contribution in [0.4, 0.5) is 8.78 Å². The van der Waals surface area contributed by atoms with Gasteiger partial charge in [-0.2, -0.15) is 0 Å². The molecular weight excluding hydrogens is 244 g/mol. The summed E-state index contributed by atoms with van der Waals surface area (Å²) in [6, 6.07) is 3.75. The van der Waals surface area contributed by atoms with Gasteiger partial charge in [0.25, 0.3) is 0 Å². The minimum absolute atomic E-state index is 0.272. The van der Waals surface area contributed by atoms with Crippen molar-refractivity contribution in [3.05, 3.63) is 35.4 Å². The van der Waals surface area contributed by atoms with Gasteiger partial charge in [0.15, 0.2) is 0 Å². The molecule has 104 valence electrons. The lowest BCUT2D eigenvalue weighted by molar-refractivity contribution is 0.204. The standard InChI is InChI=1S/C16H21F2N/c17-14-6-11(7-15(18)8-14)9-16(19)5-1-2-13(10-16)12-3-4-12/h6-8,12-13H,1-5,9-10,19H2. The normalized spacial score (nSPS) is 31.4. The second kappa shape index (κ2) is 4.86. The van der Waals surface area contributed by atoms with Crippen molar-refractivity contribution in [3.8, 4) is 0 Å². The maximum Gasteiger partial charge on any atom is 0.126 e. The van der Waals surface area contributed by atoms with Gasteiger partial charge in [-0.05, 0) is 61.6 Å². The first-order valence-corrected chi connectivity index (χ1v) is 7.28. The average Bonchev–Trinajstić information content (AvgIpc) is 3.10. The SMILES string of the molecule is NC1(Cc2cc(F)cc(F)c2)CCCC(C2CC2)C1. The lowest BCUT2D eigenvalue weighted by atomic mass is 9.72. The van der Waals surface area contributed by atoms with Gasteiger partial charge in [-0.3, -0.25) is 0 Å². The van der Waals surface area contributed by atoms with Gasteiger partial charge in [-0.1, -0.05) is 12.8 Å². The predicted octanol–water partition coefficient (Wildman–Crippen LogP) is 3.81. The maximum absolute atomic E-state index is 13.2. The molecule has 1 nitrogen and oxygen atoms in total. The molecular formula is C16H21F2N. The van der Waals surface area contributed by atoms with Gasteiger partial charge < -0.3 is 5.73 Å². The number of benzene rings is 1. The van der Waals surface area contributed by atoms with Crippen molar-refractivity contribution in [2.24, 2.45) is 17.6 Å². The highest BCUT2D eigenvalue weighted by Crippen LogP contribution is 2.46. The Kier molecular flexibility index (Phi) is 3.34. The van der Waals surface area contributed by atoms with E-state index in [1.54, 1.807) is 0 Å². The minimum Gasteiger partial charge on any atom is -0.325 e. The van der Waals surface area contributed by atoms with E-state index in [0.717, 1.165) is 37.2 Å². The van der Waals surface area contributed by atoms with Crippen molar-refractivity contribution < 1.29 is 8.78 Å². The molecule has 3 heteroatoms. The number of hydrogen-bond donors (Lipinski definition) is 1. The Morgan fingerprint density at radius 3 is 2.37 bits per heavy atom. The highest BCUT2D eigenvalue weighted by molar-refractivity contribution is 5.21. The maximum atomic E-state index is 13.2. The highest BCUT2D eigenvalue weighted by Gasteiger charge is 2.39. The zero-order chi connectivity index (χ0) is 13.5. The van der Waals surface area contributed by atoms with Crippen molar-refractivity contribution in [1.82, 2.24) is 0 Å². The lowest BCUT2D eigenvalue weighted by Crippen LogP contribution is -2.46. The Morgan fingerprint density at radius 1 is 1.05 bits per heavy atom. The first kappa shape index (κ1) is 13.0. The van der Waals surface area contributed by atoms with E-state index in [1.807, 2.05) is 0 Å². The molecule has 2 unspecified atom stereocenters. The number of nitrogens with two attached hydrogens (primary N) is 1. The Hall–Kier alpha value is -0.960. The quantitative estimate of drug-likeness (QED) is 0.883. The van der Waals surface area contributed by atoms with Crippen LogP contribution in [-0.4, -0.2) is 5.54 Å². The molecule has 2 N–H and O–H groups in total. The van der Waals surface area contributed by atoms with Crippen LogP contribution in [0.25, 0.3) is 0 Å². The summed E-state index contributed by atoms with van der Waals surface area (Å²) in [5.74, 6) is 0.589. The molecule has 0 bridgehead atoms. The van der Waals surface area contributed by atoms with Gasteiger partial charge in [0.1, 0.15) is 11.6 Å². The fraction of sp³-hybridized carbons (Fsp3) is 0.625. The molecule has 1 aromatic carbocycles. The molecule has 2 aliphatic carbocycles. The van der Waals surface area contributed by atoms with E-state index in [1.165, 1.54) is 31.4 Å². The van der Waals surface area contributed by atoms with Crippen LogP contribution >= 0.6 is 0 Å². The zero-order valence-corrected chi connectivity index (χ0v) is 11.2. The van der Waals surface area contributed by atoms with Crippen molar-refractivity contribution in [1.29, 1.82) is 0 Å². The van der Waals surface area contributed by atoms with E-state index in [0.29, 0.717) is 12.0 Å². The summed E-state index contributed by atoms with van der Waals surface area (Å²) in [5, 5.41) is 0. The largest absolute Gasteiger partial charge is 0.325 e. The molecule has 0 heterocycles. The van der Waals surface area contributed by atoms with Gasteiger partial charge in [-0.15, -0.1) is 0 Å². The third-order valence-corrected chi connectivity index (χ3v) is 4.69. The Balaban J connectivity index is 1.72. The van der Waals surface area contributed by atoms with Crippen molar-refractivity contribution in [2.45, 2.75) is 50.5 Å². The van der Waals surface area contributed by atoms with Crippen LogP contribution in [0.15, 0.2) is 18.2 Å². The predicted molar refractivity (Wildman–Crippen MR) is 71.7 cm³/mol. The number of hydrogen-bond acceptors (Lipinski definition) is 1. The summed E-state index contributed by atoms with van der Waals surface area (Å²) >= 11 is 0. The third-order valence-electron chi connectivity index (χ3n) is 4.69. The van der Waals surface area contributed by atoms with E-state index in [-0.39, 0.29) is 5.54 Å². The van der Waals surface area contributed by atoms with Crippen molar-refractivity contribution in [2.75, 3.05) is 0 Å². The smallest absolute Gasteiger partial charge is 0.126 e. The Bertz CT molecular complexity index is 450. The molecule has 3 rings (SSSR count). The van der Waals surface area contributed by atoms with Crippen molar-refractivity contribution >= 4 is 0 Å². The van der Waals surface area contributed by atoms with Crippen LogP contribution in [0.2, 0.25) is 0 Å². The molecule has 0 aromatic heterocycles. The minimum atomic E-state index is -0.506. The van der Waals surface area contributed by atoms with Crippen LogP contribution in [-0.2, 0) is 6.42 Å². The lowest BCUT2D eigenvalue weighted by Gasteiger charge is -2.38. The Labute approximate surface area is 113 Å². The molecule has 2 saturated carbocycles. The van der Waals surface area contributed by atoms with E-state index in [4.69, 9.17) is 5.73 Å². The molecule has 2 atom stereocenters. The zero-order valence-electron chi connectivity index (χ0n) is 11.2. The fourth-order valence-corrected chi connectivity index (χ4v) is 3.69. The van der Waals surface area contributed by atoms with E-state index >= 15 is 0 Å². The fourth-order valence-electron chi connectivity index (χ4n) is 3.69. The molecule has 0 aliphatic heterocycles. The summed E-state index contributed by atoms with van der Waals surface area (Å²) in [7, 11) is 0. The van der Waals surface area contributed by atoms with Gasteiger partial charge in [0.05, 0.1) is 0 Å². The topological polar surface area (TPSA) is 26.0 Å². The van der Waals surface area contributed by atoms with E-state index in [9.17, 15) is 8.78 Å². The van der Waals surface area contributed by atoms with Crippen molar-refractivity contribution in [3.63, 3.8) is 0 Å². The van der Waals surface area contributed by atoms with Gasteiger partial charge >= 0.3 is 0 Å². The van der Waals surface area contributed by atoms with Gasteiger partial charge in [0.2, 0.25) is 0 Å². The van der Waals surface area contributed by atoms with Gasteiger partial charge in [-0.25, -0.2) is 8.78 Å². The monoisotopic (exact) mass is 265 g/mol. The molecule has 2 aliphatic rings. The molecule has 2 fully saturated rings. The summed E-state index contributed by atoms with van der Waals surface area (Å²) in [5.41, 5.74) is 6.92. The van der Waals surface area contributed by atoms with Crippen LogP contribution in [0.5, 0.6) is 0 Å². The van der Waals surface area contributed by atoms with Gasteiger partial charge in [0, 0.05) is 11.6 Å². The third kappa shape index (κ3) is 3.14. The summed E-state index contributed by atoms with van der Waals surface area (Å²) in [6.45, 7) is 0. The summed E-state index contributed by atoms with van der Waals surface area (Å²) in [6.07, 6.45) is 7.68. The first-order chi connectivity index (χ1) is 9.04. The summed E-state index contributed by atoms with van der Waals surface area (Å²) in [4.78, 5) is 0. The van der Waals surface area contributed by atoms with E-state index in [2.05, 4.69) is 0 Å². The molecule has 0 spiro atoms. The average molecular weight is 265 g/mol. The van der Waals surface area contributed by atoms with Crippen LogP contribution in [0.3, 0.4) is 0 Å². The highest BCUT2D eigenvalue weighted by atomic mass is 19.1. The van der Waals surface area contributed by atoms with Crippen LogP contribution in [0, 0.1) is 23.5 Å². The van der Waals surface area contributed by atoms with E-state index < -0.39 is 11.6 Å². The molecule has 0 amide bonds. The van der Waals surface area contributed by atoms with Crippen LogP contribution in [0.1, 0.15) is 44.1 Å². The number of halogens is 2. The number of rotatable bonds is 3. The summed E-state index contributed by atoms with van der Waals surface area (Å²) < 4.78 is 26.5. The molecule has 0 radical (unpaired) electrons. The second-order valence-electron chi connectivity index (χ2n) is 6.51. The molecule has 1 aromatic rings. The van der Waals surface area contributed by atoms with Crippen LogP contribution < -0.4 is 5.73 Å². The molecule has 19 heavy (non-hydrogen) atoms. The second-order valence-corrected chi connectivity index (χ2v) is 6.51. The Morgan fingerprint density at radius 2 is 1.74 bits per heavy atom. The first-order valence-electron chi connectivity index (χ1n) is 7.28. The molecule has 0 saturated heterocycles.